The number of carbonyl (C=O) groups is 1. The third-order valence-electron chi connectivity index (χ3n) is 9.68. The van der Waals surface area contributed by atoms with Crippen LogP contribution in [-0.4, -0.2) is 57.3 Å². The molecular weight excluding hydrogens is 647 g/mol. The van der Waals surface area contributed by atoms with Crippen molar-refractivity contribution in [3.05, 3.63) is 60.8 Å². The van der Waals surface area contributed by atoms with E-state index in [0.29, 0.717) is 19.3 Å². The summed E-state index contributed by atoms with van der Waals surface area (Å²) in [5.41, 5.74) is 0. The van der Waals surface area contributed by atoms with Crippen LogP contribution in [0.3, 0.4) is 0 Å². The van der Waals surface area contributed by atoms with Crippen molar-refractivity contribution in [2.75, 3.05) is 6.61 Å². The maximum atomic E-state index is 12.5. The van der Waals surface area contributed by atoms with Gasteiger partial charge < -0.3 is 25.7 Å². The zero-order valence-electron chi connectivity index (χ0n) is 33.8. The topological polar surface area (TPSA) is 110 Å². The van der Waals surface area contributed by atoms with Crippen molar-refractivity contribution in [1.29, 1.82) is 0 Å². The Labute approximate surface area is 321 Å². The standard InChI is InChI=1S/C46H83NO5/c1-3-5-7-9-11-13-15-17-19-20-21-22-23-24-25-26-28-29-31-33-35-37-39-43(49)45(51)42(41-48)47-46(52)44(50)40-38-36-34-32-30-27-18-16-14-12-10-8-6-4-2/h12,14,16,18,21-22,25-26,31,33,42-45,48-51H,3-11,13,15,17,19-20,23-24,27-30,32,34-41H2,1-2H3,(H,47,52)/b14-12-,18-16-,22-21+,26-25+,33-31+. The SMILES string of the molecule is CCCCC/C=C\C=C/CCCCCCCC(O)C(=O)NC(CO)C(O)C(O)CCC/C=C/CC/C=C/CC/C=C/CCCCCCCCCCC. The second kappa shape index (κ2) is 40.2. The van der Waals surface area contributed by atoms with Crippen LogP contribution < -0.4 is 5.32 Å². The Morgan fingerprint density at radius 3 is 1.37 bits per heavy atom. The number of unbranched alkanes of at least 4 members (excludes halogenated alkanes) is 20. The van der Waals surface area contributed by atoms with E-state index in [1.54, 1.807) is 0 Å². The molecule has 0 bridgehead atoms. The first kappa shape index (κ1) is 50.0. The van der Waals surface area contributed by atoms with E-state index in [1.165, 1.54) is 83.5 Å². The van der Waals surface area contributed by atoms with E-state index in [1.807, 2.05) is 0 Å². The summed E-state index contributed by atoms with van der Waals surface area (Å²) < 4.78 is 0. The number of allylic oxidation sites excluding steroid dienone is 10. The maximum Gasteiger partial charge on any atom is 0.249 e. The van der Waals surface area contributed by atoms with E-state index in [9.17, 15) is 25.2 Å². The Kier molecular flexibility index (Phi) is 38.7. The van der Waals surface area contributed by atoms with E-state index in [4.69, 9.17) is 0 Å². The lowest BCUT2D eigenvalue weighted by Crippen LogP contribution is -2.53. The second-order valence-electron chi connectivity index (χ2n) is 14.7. The average Bonchev–Trinajstić information content (AvgIpc) is 3.15. The molecule has 0 aliphatic carbocycles. The summed E-state index contributed by atoms with van der Waals surface area (Å²) in [7, 11) is 0. The monoisotopic (exact) mass is 730 g/mol. The lowest BCUT2D eigenvalue weighted by atomic mass is 10.00. The van der Waals surface area contributed by atoms with Gasteiger partial charge in [-0.15, -0.1) is 0 Å². The molecule has 0 saturated heterocycles. The molecule has 0 spiro atoms. The van der Waals surface area contributed by atoms with E-state index in [-0.39, 0.29) is 0 Å². The molecule has 52 heavy (non-hydrogen) atoms. The van der Waals surface area contributed by atoms with Gasteiger partial charge in [0.05, 0.1) is 18.8 Å². The number of hydrogen-bond donors (Lipinski definition) is 5. The van der Waals surface area contributed by atoms with E-state index in [2.05, 4.69) is 79.9 Å². The molecule has 4 unspecified atom stereocenters. The molecule has 6 nitrogen and oxygen atoms in total. The van der Waals surface area contributed by atoms with Gasteiger partial charge in [0.25, 0.3) is 0 Å². The van der Waals surface area contributed by atoms with E-state index >= 15 is 0 Å². The average molecular weight is 730 g/mol. The normalized spacial score (nSPS) is 14.8. The molecule has 5 N–H and O–H groups in total. The van der Waals surface area contributed by atoms with Crippen LogP contribution in [0.5, 0.6) is 0 Å². The molecule has 0 saturated carbocycles. The van der Waals surface area contributed by atoms with Crippen molar-refractivity contribution in [2.45, 2.75) is 218 Å². The van der Waals surface area contributed by atoms with Gasteiger partial charge in [-0.2, -0.15) is 0 Å². The summed E-state index contributed by atoms with van der Waals surface area (Å²) in [6.07, 6.45) is 49.6. The van der Waals surface area contributed by atoms with Gasteiger partial charge in [-0.1, -0.05) is 164 Å². The third-order valence-corrected chi connectivity index (χ3v) is 9.68. The van der Waals surface area contributed by atoms with Crippen LogP contribution in [-0.2, 0) is 4.79 Å². The Morgan fingerprint density at radius 2 is 0.865 bits per heavy atom. The number of aliphatic hydroxyl groups is 4. The molecule has 0 heterocycles. The number of aliphatic hydroxyl groups excluding tert-OH is 4. The first-order chi connectivity index (χ1) is 25.5. The zero-order chi connectivity index (χ0) is 38.2. The summed E-state index contributed by atoms with van der Waals surface area (Å²) >= 11 is 0. The Bertz CT molecular complexity index is 910. The molecule has 302 valence electrons. The van der Waals surface area contributed by atoms with Crippen LogP contribution in [0.25, 0.3) is 0 Å². The van der Waals surface area contributed by atoms with Crippen LogP contribution in [0.1, 0.15) is 194 Å². The number of rotatable bonds is 38. The van der Waals surface area contributed by atoms with Gasteiger partial charge in [-0.25, -0.2) is 0 Å². The van der Waals surface area contributed by atoms with Crippen molar-refractivity contribution in [2.24, 2.45) is 0 Å². The number of nitrogens with one attached hydrogen (secondary N) is 1. The molecule has 0 fully saturated rings. The van der Waals surface area contributed by atoms with Crippen LogP contribution >= 0.6 is 0 Å². The van der Waals surface area contributed by atoms with Gasteiger partial charge in [0.15, 0.2) is 0 Å². The minimum absolute atomic E-state index is 0.338. The highest BCUT2D eigenvalue weighted by molar-refractivity contribution is 5.80. The molecular formula is C46H83NO5. The summed E-state index contributed by atoms with van der Waals surface area (Å²) in [4.78, 5) is 12.5. The highest BCUT2D eigenvalue weighted by atomic mass is 16.3. The smallest absolute Gasteiger partial charge is 0.249 e. The Morgan fingerprint density at radius 1 is 0.481 bits per heavy atom. The molecule has 4 atom stereocenters. The van der Waals surface area contributed by atoms with Gasteiger partial charge in [-0.05, 0) is 89.9 Å². The zero-order valence-corrected chi connectivity index (χ0v) is 33.8. The summed E-state index contributed by atoms with van der Waals surface area (Å²) in [5, 5.41) is 43.6. The molecule has 0 radical (unpaired) electrons. The number of amides is 1. The van der Waals surface area contributed by atoms with Gasteiger partial charge in [0.2, 0.25) is 5.91 Å². The number of carbonyl (C=O) groups excluding carboxylic acids is 1. The Hall–Kier alpha value is -1.99. The highest BCUT2D eigenvalue weighted by Crippen LogP contribution is 2.13. The minimum atomic E-state index is -1.30. The fourth-order valence-electron chi connectivity index (χ4n) is 6.19. The summed E-state index contributed by atoms with van der Waals surface area (Å²) in [6, 6.07) is -1.02. The third kappa shape index (κ3) is 33.8. The molecule has 0 aliphatic rings. The fourth-order valence-corrected chi connectivity index (χ4v) is 6.19. The summed E-state index contributed by atoms with van der Waals surface area (Å²) in [5.74, 6) is -0.615. The largest absolute Gasteiger partial charge is 0.394 e. The van der Waals surface area contributed by atoms with Crippen molar-refractivity contribution in [1.82, 2.24) is 5.32 Å². The molecule has 0 aliphatic heterocycles. The molecule has 6 heteroatoms. The van der Waals surface area contributed by atoms with Crippen LogP contribution in [0, 0.1) is 0 Å². The first-order valence-electron chi connectivity index (χ1n) is 21.7. The van der Waals surface area contributed by atoms with E-state index in [0.717, 1.165) is 77.0 Å². The highest BCUT2D eigenvalue weighted by Gasteiger charge is 2.28. The van der Waals surface area contributed by atoms with Gasteiger partial charge in [-0.3, -0.25) is 4.79 Å². The predicted octanol–water partition coefficient (Wildman–Crippen LogP) is 11.3. The fraction of sp³-hybridized carbons (Fsp3) is 0.761. The van der Waals surface area contributed by atoms with Crippen molar-refractivity contribution in [3.63, 3.8) is 0 Å². The van der Waals surface area contributed by atoms with Gasteiger partial charge in [0, 0.05) is 0 Å². The molecule has 0 aromatic heterocycles. The molecule has 0 aromatic carbocycles. The lowest BCUT2D eigenvalue weighted by molar-refractivity contribution is -0.132. The number of hydrogen-bond acceptors (Lipinski definition) is 5. The predicted molar refractivity (Wildman–Crippen MR) is 223 cm³/mol. The quantitative estimate of drug-likeness (QED) is 0.0247. The second-order valence-corrected chi connectivity index (χ2v) is 14.7. The van der Waals surface area contributed by atoms with Crippen LogP contribution in [0.15, 0.2) is 60.8 Å². The molecule has 0 aromatic rings. The maximum absolute atomic E-state index is 12.5. The van der Waals surface area contributed by atoms with Crippen LogP contribution in [0.4, 0.5) is 0 Å². The first-order valence-corrected chi connectivity index (χ1v) is 21.7. The van der Waals surface area contributed by atoms with Gasteiger partial charge in [0.1, 0.15) is 12.2 Å². The summed E-state index contributed by atoms with van der Waals surface area (Å²) in [6.45, 7) is 3.98. The van der Waals surface area contributed by atoms with Crippen molar-refractivity contribution >= 4 is 5.91 Å². The van der Waals surface area contributed by atoms with E-state index < -0.39 is 36.9 Å². The minimum Gasteiger partial charge on any atom is -0.394 e. The van der Waals surface area contributed by atoms with Gasteiger partial charge >= 0.3 is 0 Å². The lowest BCUT2D eigenvalue weighted by Gasteiger charge is -2.27. The molecule has 0 rings (SSSR count). The Balaban J connectivity index is 3.87. The van der Waals surface area contributed by atoms with Crippen molar-refractivity contribution < 1.29 is 25.2 Å². The van der Waals surface area contributed by atoms with Crippen molar-refractivity contribution in [3.8, 4) is 0 Å². The van der Waals surface area contributed by atoms with Crippen LogP contribution in [0.2, 0.25) is 0 Å². The molecule has 1 amide bonds.